The summed E-state index contributed by atoms with van der Waals surface area (Å²) < 4.78 is 17.9. The van der Waals surface area contributed by atoms with E-state index in [4.69, 9.17) is 10.00 Å². The van der Waals surface area contributed by atoms with Crippen LogP contribution in [0.3, 0.4) is 0 Å². The van der Waals surface area contributed by atoms with Crippen LogP contribution >= 0.6 is 11.8 Å². The summed E-state index contributed by atoms with van der Waals surface area (Å²) in [7, 11) is 0. The first-order valence-electron chi connectivity index (χ1n) is 8.77. The minimum absolute atomic E-state index is 0.137. The van der Waals surface area contributed by atoms with Crippen LogP contribution in [-0.2, 0) is 14.3 Å². The highest BCUT2D eigenvalue weighted by Gasteiger charge is 2.17. The van der Waals surface area contributed by atoms with Crippen LogP contribution in [0.1, 0.15) is 18.4 Å². The molecule has 0 aliphatic carbocycles. The SMILES string of the molecule is Cc1ccc(N(CCC#N)C(=O)COC(=O)CCSc2ccc(F)cc2)cc1. The molecular weight excluding hydrogens is 379 g/mol. The number of hydrogen-bond acceptors (Lipinski definition) is 5. The zero-order valence-electron chi connectivity index (χ0n) is 15.6. The molecule has 1 amide bonds. The van der Waals surface area contributed by atoms with E-state index >= 15 is 0 Å². The quantitative estimate of drug-likeness (QED) is 0.468. The number of rotatable bonds is 9. The molecule has 0 atom stereocenters. The first-order chi connectivity index (χ1) is 13.5. The van der Waals surface area contributed by atoms with Gasteiger partial charge in [-0.25, -0.2) is 4.39 Å². The van der Waals surface area contributed by atoms with E-state index in [1.165, 1.54) is 28.8 Å². The Labute approximate surface area is 168 Å². The summed E-state index contributed by atoms with van der Waals surface area (Å²) in [5.41, 5.74) is 1.72. The van der Waals surface area contributed by atoms with Crippen molar-refractivity contribution in [2.75, 3.05) is 23.8 Å². The Hall–Kier alpha value is -2.85. The van der Waals surface area contributed by atoms with Crippen molar-refractivity contribution < 1.29 is 18.7 Å². The van der Waals surface area contributed by atoms with Crippen molar-refractivity contribution in [3.63, 3.8) is 0 Å². The first kappa shape index (κ1) is 21.5. The highest BCUT2D eigenvalue weighted by molar-refractivity contribution is 7.99. The van der Waals surface area contributed by atoms with E-state index in [0.29, 0.717) is 11.4 Å². The fourth-order valence-electron chi connectivity index (χ4n) is 2.36. The molecule has 0 aliphatic heterocycles. The standard InChI is InChI=1S/C21H21FN2O3S/c1-16-3-7-18(8-4-16)24(13-2-12-23)20(25)15-27-21(26)11-14-28-19-9-5-17(22)6-10-19/h3-10H,2,11,13-15H2,1H3. The lowest BCUT2D eigenvalue weighted by Crippen LogP contribution is -2.35. The normalized spacial score (nSPS) is 10.2. The largest absolute Gasteiger partial charge is 0.456 e. The Morgan fingerprint density at radius 1 is 1.14 bits per heavy atom. The second kappa shape index (κ2) is 11.1. The van der Waals surface area contributed by atoms with E-state index in [-0.39, 0.29) is 37.7 Å². The van der Waals surface area contributed by atoms with Gasteiger partial charge in [-0.3, -0.25) is 9.59 Å². The maximum absolute atomic E-state index is 12.9. The van der Waals surface area contributed by atoms with Gasteiger partial charge >= 0.3 is 5.97 Å². The average Bonchev–Trinajstić information content (AvgIpc) is 2.69. The Morgan fingerprint density at radius 3 is 2.46 bits per heavy atom. The van der Waals surface area contributed by atoms with Crippen molar-refractivity contribution in [3.05, 3.63) is 59.9 Å². The van der Waals surface area contributed by atoms with Crippen molar-refractivity contribution in [1.29, 1.82) is 5.26 Å². The molecule has 0 aromatic heterocycles. The van der Waals surface area contributed by atoms with E-state index in [0.717, 1.165) is 10.5 Å². The number of benzene rings is 2. The number of carbonyl (C=O) groups excluding carboxylic acids is 2. The molecule has 0 radical (unpaired) electrons. The Kier molecular flexibility index (Phi) is 8.50. The molecule has 2 rings (SSSR count). The van der Waals surface area contributed by atoms with E-state index in [2.05, 4.69) is 0 Å². The third-order valence-corrected chi connectivity index (χ3v) is 4.85. The maximum Gasteiger partial charge on any atom is 0.307 e. The van der Waals surface area contributed by atoms with E-state index < -0.39 is 5.97 Å². The van der Waals surface area contributed by atoms with Crippen LogP contribution in [0.2, 0.25) is 0 Å². The summed E-state index contributed by atoms with van der Waals surface area (Å²) in [4.78, 5) is 26.7. The van der Waals surface area contributed by atoms with Gasteiger partial charge in [-0.2, -0.15) is 5.26 Å². The Morgan fingerprint density at radius 2 is 1.82 bits per heavy atom. The number of nitrogens with zero attached hydrogens (tertiary/aromatic N) is 2. The molecule has 2 aromatic rings. The van der Waals surface area contributed by atoms with Gasteiger partial charge in [0.1, 0.15) is 5.82 Å². The number of anilines is 1. The van der Waals surface area contributed by atoms with Gasteiger partial charge in [0.25, 0.3) is 5.91 Å². The summed E-state index contributed by atoms with van der Waals surface area (Å²) >= 11 is 1.41. The highest BCUT2D eigenvalue weighted by atomic mass is 32.2. The summed E-state index contributed by atoms with van der Waals surface area (Å²) in [6.07, 6.45) is 0.319. The molecule has 2 aromatic carbocycles. The minimum Gasteiger partial charge on any atom is -0.456 e. The van der Waals surface area contributed by atoms with Crippen LogP contribution in [0.4, 0.5) is 10.1 Å². The lowest BCUT2D eigenvalue weighted by Gasteiger charge is -2.21. The van der Waals surface area contributed by atoms with Gasteiger partial charge in [-0.1, -0.05) is 17.7 Å². The first-order valence-corrected chi connectivity index (χ1v) is 9.76. The van der Waals surface area contributed by atoms with Crippen LogP contribution in [0.25, 0.3) is 0 Å². The Balaban J connectivity index is 1.81. The zero-order chi connectivity index (χ0) is 20.4. The van der Waals surface area contributed by atoms with Crippen molar-refractivity contribution >= 4 is 29.3 Å². The zero-order valence-corrected chi connectivity index (χ0v) is 16.4. The van der Waals surface area contributed by atoms with Crippen LogP contribution in [0, 0.1) is 24.1 Å². The molecule has 0 saturated heterocycles. The smallest absolute Gasteiger partial charge is 0.307 e. The number of hydrogen-bond donors (Lipinski definition) is 0. The molecule has 5 nitrogen and oxygen atoms in total. The fourth-order valence-corrected chi connectivity index (χ4v) is 3.19. The molecule has 0 heterocycles. The van der Waals surface area contributed by atoms with E-state index in [9.17, 15) is 14.0 Å². The average molecular weight is 400 g/mol. The van der Waals surface area contributed by atoms with Crippen LogP contribution in [0.5, 0.6) is 0 Å². The van der Waals surface area contributed by atoms with Crippen molar-refractivity contribution in [2.45, 2.75) is 24.7 Å². The number of carbonyl (C=O) groups is 2. The van der Waals surface area contributed by atoms with Gasteiger partial charge in [0.15, 0.2) is 6.61 Å². The van der Waals surface area contributed by atoms with Crippen LogP contribution < -0.4 is 4.90 Å². The number of nitriles is 1. The summed E-state index contributed by atoms with van der Waals surface area (Å²) in [6.45, 7) is 1.80. The molecule has 0 unspecified atom stereocenters. The monoisotopic (exact) mass is 400 g/mol. The predicted molar refractivity (Wildman–Crippen MR) is 106 cm³/mol. The molecule has 146 valence electrons. The second-order valence-electron chi connectivity index (χ2n) is 6.00. The van der Waals surface area contributed by atoms with Gasteiger partial charge in [0, 0.05) is 22.9 Å². The fraction of sp³-hybridized carbons (Fsp3) is 0.286. The number of aryl methyl sites for hydroxylation is 1. The number of ether oxygens (including phenoxy) is 1. The van der Waals surface area contributed by atoms with Gasteiger partial charge in [0.05, 0.1) is 18.9 Å². The summed E-state index contributed by atoms with van der Waals surface area (Å²) in [5.74, 6) is -0.697. The maximum atomic E-state index is 12.9. The third-order valence-electron chi connectivity index (χ3n) is 3.84. The lowest BCUT2D eigenvalue weighted by atomic mass is 10.2. The van der Waals surface area contributed by atoms with E-state index in [1.807, 2.05) is 25.1 Å². The van der Waals surface area contributed by atoms with Crippen molar-refractivity contribution in [3.8, 4) is 6.07 Å². The molecule has 0 saturated carbocycles. The molecule has 7 heteroatoms. The number of amides is 1. The second-order valence-corrected chi connectivity index (χ2v) is 7.17. The molecule has 0 aliphatic rings. The predicted octanol–water partition coefficient (Wildman–Crippen LogP) is 4.11. The lowest BCUT2D eigenvalue weighted by molar-refractivity contribution is -0.147. The van der Waals surface area contributed by atoms with Gasteiger partial charge < -0.3 is 9.64 Å². The van der Waals surface area contributed by atoms with Crippen molar-refractivity contribution in [1.82, 2.24) is 0 Å². The number of thioether (sulfide) groups is 1. The number of esters is 1. The van der Waals surface area contributed by atoms with Crippen LogP contribution in [0.15, 0.2) is 53.4 Å². The summed E-state index contributed by atoms with van der Waals surface area (Å²) in [5, 5.41) is 8.82. The topological polar surface area (TPSA) is 70.4 Å². The molecule has 0 N–H and O–H groups in total. The number of halogens is 1. The molecule has 0 fully saturated rings. The van der Waals surface area contributed by atoms with Gasteiger partial charge in [-0.15, -0.1) is 11.8 Å². The van der Waals surface area contributed by atoms with E-state index in [1.54, 1.807) is 24.3 Å². The molecular formula is C21H21FN2O3S. The van der Waals surface area contributed by atoms with Gasteiger partial charge in [-0.05, 0) is 43.3 Å². The summed E-state index contributed by atoms with van der Waals surface area (Å²) in [6, 6.07) is 15.4. The molecule has 0 spiro atoms. The Bertz CT molecular complexity index is 832. The van der Waals surface area contributed by atoms with Crippen LogP contribution in [-0.4, -0.2) is 30.8 Å². The molecule has 0 bridgehead atoms. The third kappa shape index (κ3) is 7.05. The molecule has 28 heavy (non-hydrogen) atoms. The highest BCUT2D eigenvalue weighted by Crippen LogP contribution is 2.19. The minimum atomic E-state index is -0.480. The van der Waals surface area contributed by atoms with Crippen molar-refractivity contribution in [2.24, 2.45) is 0 Å². The van der Waals surface area contributed by atoms with Gasteiger partial charge in [0.2, 0.25) is 0 Å².